The van der Waals surface area contributed by atoms with Gasteiger partial charge in [-0.3, -0.25) is 0 Å². The molecule has 0 saturated carbocycles. The van der Waals surface area contributed by atoms with Crippen LogP contribution in [0.5, 0.6) is 0 Å². The van der Waals surface area contributed by atoms with E-state index in [4.69, 9.17) is 19.4 Å². The van der Waals surface area contributed by atoms with Crippen molar-refractivity contribution in [2.24, 2.45) is 0 Å². The molecule has 4 nitrogen and oxygen atoms in total. The highest BCUT2D eigenvalue weighted by Gasteiger charge is 2.15. The summed E-state index contributed by atoms with van der Waals surface area (Å²) >= 11 is 3.59. The van der Waals surface area contributed by atoms with Gasteiger partial charge >= 0.3 is 0 Å². The van der Waals surface area contributed by atoms with E-state index in [1.54, 1.807) is 0 Å². The van der Waals surface area contributed by atoms with Gasteiger partial charge in [-0.2, -0.15) is 0 Å². The third-order valence-corrected chi connectivity index (χ3v) is 7.08. The van der Waals surface area contributed by atoms with Crippen LogP contribution < -0.4 is 0 Å². The number of hydrogen-bond acceptors (Lipinski definition) is 4. The van der Waals surface area contributed by atoms with Gasteiger partial charge in [-0.1, -0.05) is 113 Å². The van der Waals surface area contributed by atoms with Gasteiger partial charge in [-0.05, 0) is 29.8 Å². The monoisotopic (exact) mass is 553 g/mol. The van der Waals surface area contributed by atoms with E-state index in [1.165, 1.54) is 0 Å². The molecular formula is C33H20BrN3O. The summed E-state index contributed by atoms with van der Waals surface area (Å²) in [6, 6.07) is 40.7. The predicted molar refractivity (Wildman–Crippen MR) is 157 cm³/mol. The Bertz CT molecular complexity index is 1870. The lowest BCUT2D eigenvalue weighted by atomic mass is 10.00. The number of nitrogens with zero attached hydrogens (tertiary/aromatic N) is 3. The van der Waals surface area contributed by atoms with Crippen molar-refractivity contribution >= 4 is 37.9 Å². The van der Waals surface area contributed by atoms with Gasteiger partial charge in [-0.25, -0.2) is 15.0 Å². The quantitative estimate of drug-likeness (QED) is 0.218. The number of hydrogen-bond donors (Lipinski definition) is 0. The molecule has 180 valence electrons. The van der Waals surface area contributed by atoms with E-state index in [0.29, 0.717) is 17.5 Å². The number of fused-ring (bicyclic) bond motifs is 3. The second kappa shape index (κ2) is 9.36. The van der Waals surface area contributed by atoms with E-state index in [-0.39, 0.29) is 0 Å². The number of rotatable bonds is 4. The molecule has 0 bridgehead atoms. The lowest BCUT2D eigenvalue weighted by Crippen LogP contribution is -2.00. The zero-order chi connectivity index (χ0) is 25.5. The summed E-state index contributed by atoms with van der Waals surface area (Å²) < 4.78 is 7.36. The van der Waals surface area contributed by atoms with Gasteiger partial charge in [0.05, 0.1) is 0 Å². The van der Waals surface area contributed by atoms with Crippen molar-refractivity contribution in [2.45, 2.75) is 0 Å². The maximum atomic E-state index is 6.33. The Labute approximate surface area is 227 Å². The molecule has 7 rings (SSSR count). The summed E-state index contributed by atoms with van der Waals surface area (Å²) in [4.78, 5) is 14.6. The summed E-state index contributed by atoms with van der Waals surface area (Å²) in [5.41, 5.74) is 6.60. The molecule has 0 atom stereocenters. The van der Waals surface area contributed by atoms with Crippen LogP contribution in [0.4, 0.5) is 0 Å². The second-order valence-electron chi connectivity index (χ2n) is 9.04. The van der Waals surface area contributed by atoms with Gasteiger partial charge in [-0.15, -0.1) is 0 Å². The van der Waals surface area contributed by atoms with Crippen LogP contribution in [0.25, 0.3) is 67.2 Å². The number of para-hydroxylation sites is 1. The summed E-state index contributed by atoms with van der Waals surface area (Å²) in [5.74, 6) is 1.91. The molecule has 0 saturated heterocycles. The standard InChI is InChI=1S/C33H20BrN3O/c34-25-17-18-29-28(20-25)27-16-8-15-26(30(27)38-29)23-13-7-14-24(19-23)33-36-31(21-9-3-1-4-10-21)35-32(37-33)22-11-5-2-6-12-22/h1-20H. The molecule has 0 fully saturated rings. The fraction of sp³-hybridized carbons (Fsp3) is 0. The van der Waals surface area contributed by atoms with E-state index in [1.807, 2.05) is 84.9 Å². The number of halogens is 1. The van der Waals surface area contributed by atoms with Crippen LogP contribution >= 0.6 is 15.9 Å². The van der Waals surface area contributed by atoms with Crippen LogP contribution in [-0.4, -0.2) is 15.0 Å². The molecule has 0 amide bonds. The van der Waals surface area contributed by atoms with Crippen LogP contribution in [0.3, 0.4) is 0 Å². The van der Waals surface area contributed by atoms with Crippen LogP contribution in [0.1, 0.15) is 0 Å². The third-order valence-electron chi connectivity index (χ3n) is 6.59. The van der Waals surface area contributed by atoms with Crippen LogP contribution in [0, 0.1) is 0 Å². The minimum Gasteiger partial charge on any atom is -0.455 e. The first-order valence-electron chi connectivity index (χ1n) is 12.3. The smallest absolute Gasteiger partial charge is 0.164 e. The molecule has 0 unspecified atom stereocenters. The highest BCUT2D eigenvalue weighted by Crippen LogP contribution is 2.37. The van der Waals surface area contributed by atoms with Crippen LogP contribution in [-0.2, 0) is 0 Å². The minimum atomic E-state index is 0.625. The van der Waals surface area contributed by atoms with Crippen molar-refractivity contribution in [2.75, 3.05) is 0 Å². The Hall–Kier alpha value is -4.61. The molecule has 2 heterocycles. The molecule has 7 aromatic rings. The molecule has 38 heavy (non-hydrogen) atoms. The average molecular weight is 554 g/mol. The molecule has 0 N–H and O–H groups in total. The van der Waals surface area contributed by atoms with Crippen molar-refractivity contribution in [1.29, 1.82) is 0 Å². The fourth-order valence-corrected chi connectivity index (χ4v) is 5.12. The maximum absolute atomic E-state index is 6.33. The molecule has 5 heteroatoms. The lowest BCUT2D eigenvalue weighted by molar-refractivity contribution is 0.670. The molecule has 0 radical (unpaired) electrons. The van der Waals surface area contributed by atoms with Gasteiger partial charge < -0.3 is 4.42 Å². The number of benzene rings is 5. The molecule has 5 aromatic carbocycles. The highest BCUT2D eigenvalue weighted by atomic mass is 79.9. The average Bonchev–Trinajstić information content (AvgIpc) is 3.36. The third kappa shape index (κ3) is 4.07. The normalized spacial score (nSPS) is 11.3. The van der Waals surface area contributed by atoms with Gasteiger partial charge in [0.1, 0.15) is 11.2 Å². The maximum Gasteiger partial charge on any atom is 0.164 e. The summed E-state index contributed by atoms with van der Waals surface area (Å²) in [7, 11) is 0. The molecule has 0 spiro atoms. The van der Waals surface area contributed by atoms with Crippen molar-refractivity contribution in [3.63, 3.8) is 0 Å². The Balaban J connectivity index is 1.40. The fourth-order valence-electron chi connectivity index (χ4n) is 4.76. The first kappa shape index (κ1) is 22.6. The van der Waals surface area contributed by atoms with Crippen LogP contribution in [0.15, 0.2) is 130 Å². The minimum absolute atomic E-state index is 0.625. The second-order valence-corrected chi connectivity index (χ2v) is 9.96. The Morgan fingerprint density at radius 2 is 1.05 bits per heavy atom. The SMILES string of the molecule is Brc1ccc2oc3c(-c4cccc(-c5nc(-c6ccccc6)nc(-c6ccccc6)n5)c4)cccc3c2c1. The van der Waals surface area contributed by atoms with Crippen molar-refractivity contribution in [3.05, 3.63) is 126 Å². The summed E-state index contributed by atoms with van der Waals surface area (Å²) in [6.45, 7) is 0. The van der Waals surface area contributed by atoms with Crippen molar-refractivity contribution in [1.82, 2.24) is 15.0 Å². The topological polar surface area (TPSA) is 51.8 Å². The summed E-state index contributed by atoms with van der Waals surface area (Å²) in [6.07, 6.45) is 0. The number of furan rings is 1. The highest BCUT2D eigenvalue weighted by molar-refractivity contribution is 9.10. The van der Waals surface area contributed by atoms with Gasteiger partial charge in [0.25, 0.3) is 0 Å². The Morgan fingerprint density at radius 3 is 1.74 bits per heavy atom. The predicted octanol–water partition coefficient (Wildman–Crippen LogP) is 9.20. The lowest BCUT2D eigenvalue weighted by Gasteiger charge is -2.10. The Morgan fingerprint density at radius 1 is 0.474 bits per heavy atom. The first-order valence-corrected chi connectivity index (χ1v) is 13.1. The van der Waals surface area contributed by atoms with Gasteiger partial charge in [0.15, 0.2) is 17.5 Å². The van der Waals surface area contributed by atoms with E-state index in [2.05, 4.69) is 52.3 Å². The van der Waals surface area contributed by atoms with Gasteiger partial charge in [0.2, 0.25) is 0 Å². The van der Waals surface area contributed by atoms with E-state index in [0.717, 1.165) is 54.2 Å². The van der Waals surface area contributed by atoms with E-state index in [9.17, 15) is 0 Å². The van der Waals surface area contributed by atoms with E-state index < -0.39 is 0 Å². The Kier molecular flexibility index (Phi) is 5.56. The summed E-state index contributed by atoms with van der Waals surface area (Å²) in [5, 5.41) is 2.17. The zero-order valence-electron chi connectivity index (χ0n) is 20.2. The molecule has 0 aliphatic rings. The van der Waals surface area contributed by atoms with Crippen molar-refractivity contribution in [3.8, 4) is 45.3 Å². The van der Waals surface area contributed by atoms with Crippen LogP contribution in [0.2, 0.25) is 0 Å². The largest absolute Gasteiger partial charge is 0.455 e. The molecule has 0 aliphatic heterocycles. The first-order chi connectivity index (χ1) is 18.7. The molecule has 2 aromatic heterocycles. The zero-order valence-corrected chi connectivity index (χ0v) is 21.8. The van der Waals surface area contributed by atoms with E-state index >= 15 is 0 Å². The van der Waals surface area contributed by atoms with Crippen molar-refractivity contribution < 1.29 is 4.42 Å². The number of aromatic nitrogens is 3. The van der Waals surface area contributed by atoms with Gasteiger partial charge in [0, 0.05) is 37.5 Å². The molecular weight excluding hydrogens is 534 g/mol. The molecule has 0 aliphatic carbocycles.